The number of hydrogen-bond acceptors (Lipinski definition) is 2. The molecule has 0 aliphatic heterocycles. The Morgan fingerprint density at radius 3 is 2.55 bits per heavy atom. The highest BCUT2D eigenvalue weighted by Crippen LogP contribution is 2.28. The van der Waals surface area contributed by atoms with Gasteiger partial charge in [0.1, 0.15) is 5.15 Å². The van der Waals surface area contributed by atoms with E-state index in [-0.39, 0.29) is 0 Å². The number of nitrogens with zero attached hydrogens (tertiary/aromatic N) is 2. The Balaban J connectivity index is 2.28. The third kappa shape index (κ3) is 2.16. The van der Waals surface area contributed by atoms with Gasteiger partial charge in [0.05, 0.1) is 0 Å². The van der Waals surface area contributed by atoms with E-state index in [1.54, 1.807) is 0 Å². The van der Waals surface area contributed by atoms with Crippen LogP contribution in [0.15, 0.2) is 42.5 Å². The highest BCUT2D eigenvalue weighted by atomic mass is 35.5. The summed E-state index contributed by atoms with van der Waals surface area (Å²) < 4.78 is 0. The van der Waals surface area contributed by atoms with E-state index >= 15 is 0 Å². The predicted octanol–water partition coefficient (Wildman–Crippen LogP) is 4.82. The van der Waals surface area contributed by atoms with Gasteiger partial charge in [-0.3, -0.25) is 0 Å². The Hall–Kier alpha value is -1.93. The molecule has 20 heavy (non-hydrogen) atoms. The molecular formula is C17H15ClN2. The lowest BCUT2D eigenvalue weighted by Crippen LogP contribution is -1.99. The van der Waals surface area contributed by atoms with E-state index in [0.29, 0.717) is 11.0 Å². The summed E-state index contributed by atoms with van der Waals surface area (Å²) in [6.07, 6.45) is 0.853. The van der Waals surface area contributed by atoms with Crippen molar-refractivity contribution in [2.75, 3.05) is 0 Å². The SMILES string of the molecule is CCc1nc(-c2cccc3ccccc23)nc(Cl)c1C. The zero-order valence-corrected chi connectivity index (χ0v) is 12.3. The maximum atomic E-state index is 6.25. The smallest absolute Gasteiger partial charge is 0.161 e. The van der Waals surface area contributed by atoms with Crippen molar-refractivity contribution in [1.29, 1.82) is 0 Å². The van der Waals surface area contributed by atoms with Gasteiger partial charge in [-0.25, -0.2) is 9.97 Å². The normalized spacial score (nSPS) is 10.9. The first-order valence-corrected chi connectivity index (χ1v) is 7.09. The second-order valence-electron chi connectivity index (χ2n) is 4.79. The minimum atomic E-state index is 0.541. The Morgan fingerprint density at radius 1 is 1.00 bits per heavy atom. The molecule has 0 fully saturated rings. The van der Waals surface area contributed by atoms with Crippen LogP contribution < -0.4 is 0 Å². The fourth-order valence-corrected chi connectivity index (χ4v) is 2.61. The summed E-state index contributed by atoms with van der Waals surface area (Å²) >= 11 is 6.25. The maximum absolute atomic E-state index is 6.25. The molecule has 0 radical (unpaired) electrons. The van der Waals surface area contributed by atoms with Gasteiger partial charge in [0.25, 0.3) is 0 Å². The standard InChI is InChI=1S/C17H15ClN2/c1-3-15-11(2)16(18)20-17(19-15)14-10-6-8-12-7-4-5-9-13(12)14/h4-10H,3H2,1-2H3. The monoisotopic (exact) mass is 282 g/mol. The largest absolute Gasteiger partial charge is 0.233 e. The van der Waals surface area contributed by atoms with Crippen LogP contribution in [0.5, 0.6) is 0 Å². The topological polar surface area (TPSA) is 25.8 Å². The quantitative estimate of drug-likeness (QED) is 0.630. The second-order valence-corrected chi connectivity index (χ2v) is 5.15. The van der Waals surface area contributed by atoms with Crippen LogP contribution in [0.1, 0.15) is 18.2 Å². The third-order valence-electron chi connectivity index (χ3n) is 3.55. The summed E-state index contributed by atoms with van der Waals surface area (Å²) in [5.74, 6) is 0.703. The highest BCUT2D eigenvalue weighted by Gasteiger charge is 2.11. The summed E-state index contributed by atoms with van der Waals surface area (Å²) in [6, 6.07) is 14.4. The van der Waals surface area contributed by atoms with Crippen LogP contribution in [0, 0.1) is 6.92 Å². The zero-order chi connectivity index (χ0) is 14.1. The third-order valence-corrected chi connectivity index (χ3v) is 3.92. The van der Waals surface area contributed by atoms with E-state index in [2.05, 4.69) is 35.1 Å². The Kier molecular flexibility index (Phi) is 3.41. The van der Waals surface area contributed by atoms with Gasteiger partial charge in [0.2, 0.25) is 0 Å². The van der Waals surface area contributed by atoms with Crippen LogP contribution >= 0.6 is 11.6 Å². The lowest BCUT2D eigenvalue weighted by molar-refractivity contribution is 0.978. The fraction of sp³-hybridized carbons (Fsp3) is 0.176. The van der Waals surface area contributed by atoms with Crippen molar-refractivity contribution in [2.45, 2.75) is 20.3 Å². The average molecular weight is 283 g/mol. The van der Waals surface area contributed by atoms with Crippen molar-refractivity contribution < 1.29 is 0 Å². The lowest BCUT2D eigenvalue weighted by atomic mass is 10.0. The molecule has 0 spiro atoms. The van der Waals surface area contributed by atoms with Crippen LogP contribution in [0.3, 0.4) is 0 Å². The predicted molar refractivity (Wildman–Crippen MR) is 84.1 cm³/mol. The molecule has 0 unspecified atom stereocenters. The molecule has 0 amide bonds. The van der Waals surface area contributed by atoms with Crippen molar-refractivity contribution >= 4 is 22.4 Å². The number of rotatable bonds is 2. The fourth-order valence-electron chi connectivity index (χ4n) is 2.42. The van der Waals surface area contributed by atoms with Crippen molar-refractivity contribution in [1.82, 2.24) is 9.97 Å². The number of hydrogen-bond donors (Lipinski definition) is 0. The lowest BCUT2D eigenvalue weighted by Gasteiger charge is -2.09. The molecule has 0 atom stereocenters. The van der Waals surface area contributed by atoms with Crippen LogP contribution in [-0.4, -0.2) is 9.97 Å². The Morgan fingerprint density at radius 2 is 1.75 bits per heavy atom. The van der Waals surface area contributed by atoms with Crippen LogP contribution in [0.2, 0.25) is 5.15 Å². The van der Waals surface area contributed by atoms with Crippen LogP contribution in [0.4, 0.5) is 0 Å². The van der Waals surface area contributed by atoms with Gasteiger partial charge in [0.15, 0.2) is 5.82 Å². The molecule has 3 heteroatoms. The van der Waals surface area contributed by atoms with Gasteiger partial charge >= 0.3 is 0 Å². The number of halogens is 1. The molecule has 0 aliphatic rings. The highest BCUT2D eigenvalue weighted by molar-refractivity contribution is 6.30. The summed E-state index contributed by atoms with van der Waals surface area (Å²) in [7, 11) is 0. The van der Waals surface area contributed by atoms with Crippen molar-refractivity contribution in [2.24, 2.45) is 0 Å². The van der Waals surface area contributed by atoms with Crippen LogP contribution in [-0.2, 0) is 6.42 Å². The molecule has 1 heterocycles. The number of fused-ring (bicyclic) bond motifs is 1. The first-order valence-electron chi connectivity index (χ1n) is 6.72. The average Bonchev–Trinajstić information content (AvgIpc) is 2.49. The van der Waals surface area contributed by atoms with Gasteiger partial charge in [-0.1, -0.05) is 61.0 Å². The van der Waals surface area contributed by atoms with Crippen molar-refractivity contribution in [3.63, 3.8) is 0 Å². The molecule has 0 saturated heterocycles. The maximum Gasteiger partial charge on any atom is 0.161 e. The summed E-state index contributed by atoms with van der Waals surface area (Å²) in [5.41, 5.74) is 3.01. The minimum absolute atomic E-state index is 0.541. The van der Waals surface area contributed by atoms with Crippen LogP contribution in [0.25, 0.3) is 22.2 Å². The van der Waals surface area contributed by atoms with E-state index in [0.717, 1.165) is 28.6 Å². The molecule has 0 aliphatic carbocycles. The van der Waals surface area contributed by atoms with E-state index < -0.39 is 0 Å². The summed E-state index contributed by atoms with van der Waals surface area (Å²) in [5, 5.41) is 2.88. The number of aryl methyl sites for hydroxylation is 1. The summed E-state index contributed by atoms with van der Waals surface area (Å²) in [4.78, 5) is 9.13. The Labute approximate surface area is 123 Å². The molecule has 2 aromatic carbocycles. The number of benzene rings is 2. The molecule has 1 aromatic heterocycles. The van der Waals surface area contributed by atoms with Gasteiger partial charge < -0.3 is 0 Å². The van der Waals surface area contributed by atoms with Crippen molar-refractivity contribution in [3.8, 4) is 11.4 Å². The zero-order valence-electron chi connectivity index (χ0n) is 11.5. The molecular weight excluding hydrogens is 268 g/mol. The van der Waals surface area contributed by atoms with Gasteiger partial charge in [-0.2, -0.15) is 0 Å². The van der Waals surface area contributed by atoms with Gasteiger partial charge in [0, 0.05) is 16.8 Å². The van der Waals surface area contributed by atoms with E-state index in [4.69, 9.17) is 11.6 Å². The van der Waals surface area contributed by atoms with E-state index in [9.17, 15) is 0 Å². The molecule has 3 rings (SSSR count). The molecule has 0 bridgehead atoms. The number of aromatic nitrogens is 2. The Bertz CT molecular complexity index is 776. The molecule has 3 aromatic rings. The van der Waals surface area contributed by atoms with E-state index in [1.807, 2.05) is 31.2 Å². The first kappa shape index (κ1) is 13.1. The van der Waals surface area contributed by atoms with Gasteiger partial charge in [-0.05, 0) is 24.1 Å². The molecule has 0 N–H and O–H groups in total. The molecule has 2 nitrogen and oxygen atoms in total. The first-order chi connectivity index (χ1) is 9.70. The second kappa shape index (κ2) is 5.22. The molecule has 100 valence electrons. The minimum Gasteiger partial charge on any atom is -0.233 e. The van der Waals surface area contributed by atoms with Gasteiger partial charge in [-0.15, -0.1) is 0 Å². The molecule has 0 saturated carbocycles. The van der Waals surface area contributed by atoms with E-state index in [1.165, 1.54) is 5.39 Å². The summed E-state index contributed by atoms with van der Waals surface area (Å²) in [6.45, 7) is 4.05. The van der Waals surface area contributed by atoms with Crippen molar-refractivity contribution in [3.05, 3.63) is 58.9 Å².